The molecule has 24 heavy (non-hydrogen) atoms. The van der Waals surface area contributed by atoms with Crippen molar-refractivity contribution in [1.29, 1.82) is 0 Å². The molecule has 2 aromatic heterocycles. The molecule has 0 spiro atoms. The third kappa shape index (κ3) is 3.59. The van der Waals surface area contributed by atoms with Gasteiger partial charge < -0.3 is 5.32 Å². The lowest BCUT2D eigenvalue weighted by Gasteiger charge is -2.24. The topological polar surface area (TPSA) is 67.8 Å². The number of hydrogen-bond acceptors (Lipinski definition) is 5. The van der Waals surface area contributed by atoms with Crippen LogP contribution in [-0.2, 0) is 16.6 Å². The van der Waals surface area contributed by atoms with E-state index in [0.717, 1.165) is 27.9 Å². The summed E-state index contributed by atoms with van der Waals surface area (Å²) < 4.78 is 8.49. The van der Waals surface area contributed by atoms with Gasteiger partial charge >= 0.3 is 0 Å². The fourth-order valence-electron chi connectivity index (χ4n) is 2.52. The summed E-state index contributed by atoms with van der Waals surface area (Å²) in [5.74, 6) is -0.0179. The van der Waals surface area contributed by atoms with Gasteiger partial charge in [0.15, 0.2) is 0 Å². The van der Waals surface area contributed by atoms with Crippen molar-refractivity contribution in [2.45, 2.75) is 32.6 Å². The van der Waals surface area contributed by atoms with E-state index in [9.17, 15) is 4.79 Å². The molecular weight excluding hydrogens is 320 g/mol. The Bertz CT molecular complexity index is 855. The number of rotatable bonds is 5. The molecule has 0 unspecified atom stereocenters. The Labute approximate surface area is 145 Å². The Morgan fingerprint density at radius 1 is 1.21 bits per heavy atom. The van der Waals surface area contributed by atoms with Crippen molar-refractivity contribution in [2.75, 3.05) is 6.54 Å². The molecule has 1 N–H and O–H groups in total. The van der Waals surface area contributed by atoms with Gasteiger partial charge in [0.1, 0.15) is 11.0 Å². The average molecular weight is 340 g/mol. The minimum atomic E-state index is -0.225. The molecule has 0 aliphatic heterocycles. The van der Waals surface area contributed by atoms with E-state index >= 15 is 0 Å². The Morgan fingerprint density at radius 3 is 2.79 bits per heavy atom. The van der Waals surface area contributed by atoms with Gasteiger partial charge in [0, 0.05) is 23.9 Å². The fourth-order valence-corrected chi connectivity index (χ4v) is 3.09. The standard InChI is InChI=1S/C18H20N4OS/c1-12-7-8-15(19-10-12)18(2,3)11-20-16(23)9-13-5-4-6-14-17(13)22-24-21-14/h4-8,10H,9,11H2,1-3H3,(H,20,23). The molecule has 6 heteroatoms. The highest BCUT2D eigenvalue weighted by atomic mass is 32.1. The van der Waals surface area contributed by atoms with Crippen LogP contribution in [0.1, 0.15) is 30.7 Å². The van der Waals surface area contributed by atoms with Crippen LogP contribution >= 0.6 is 11.7 Å². The zero-order valence-corrected chi connectivity index (χ0v) is 14.9. The Hall–Kier alpha value is -2.34. The number of nitrogens with one attached hydrogen (secondary N) is 1. The van der Waals surface area contributed by atoms with Crippen molar-refractivity contribution in [3.63, 3.8) is 0 Å². The average Bonchev–Trinajstić information content (AvgIpc) is 3.03. The zero-order chi connectivity index (χ0) is 17.2. The van der Waals surface area contributed by atoms with Crippen LogP contribution in [0.2, 0.25) is 0 Å². The van der Waals surface area contributed by atoms with Gasteiger partial charge in [-0.15, -0.1) is 0 Å². The first-order chi connectivity index (χ1) is 11.5. The van der Waals surface area contributed by atoms with Gasteiger partial charge in [-0.05, 0) is 30.2 Å². The Kier molecular flexibility index (Phi) is 4.57. The molecule has 1 amide bonds. The zero-order valence-electron chi connectivity index (χ0n) is 14.0. The summed E-state index contributed by atoms with van der Waals surface area (Å²) >= 11 is 1.17. The van der Waals surface area contributed by atoms with Gasteiger partial charge in [0.25, 0.3) is 0 Å². The van der Waals surface area contributed by atoms with Crippen LogP contribution < -0.4 is 5.32 Å². The van der Waals surface area contributed by atoms with Crippen molar-refractivity contribution < 1.29 is 4.79 Å². The number of aryl methyl sites for hydroxylation is 1. The normalized spacial score (nSPS) is 11.6. The van der Waals surface area contributed by atoms with Crippen molar-refractivity contribution in [3.8, 4) is 0 Å². The highest BCUT2D eigenvalue weighted by molar-refractivity contribution is 7.00. The number of carbonyl (C=O) groups is 1. The van der Waals surface area contributed by atoms with E-state index < -0.39 is 0 Å². The predicted molar refractivity (Wildman–Crippen MR) is 96.1 cm³/mol. The van der Waals surface area contributed by atoms with Crippen molar-refractivity contribution in [3.05, 3.63) is 53.3 Å². The van der Waals surface area contributed by atoms with Crippen LogP contribution in [-0.4, -0.2) is 26.2 Å². The number of amides is 1. The van der Waals surface area contributed by atoms with Crippen molar-refractivity contribution in [2.24, 2.45) is 0 Å². The lowest BCUT2D eigenvalue weighted by atomic mass is 9.88. The second kappa shape index (κ2) is 6.65. The molecule has 2 heterocycles. The van der Waals surface area contributed by atoms with Crippen LogP contribution in [0.15, 0.2) is 36.5 Å². The number of hydrogen-bond donors (Lipinski definition) is 1. The molecule has 0 radical (unpaired) electrons. The molecule has 3 rings (SSSR count). The summed E-state index contributed by atoms with van der Waals surface area (Å²) in [4.78, 5) is 16.8. The molecule has 0 aliphatic rings. The maximum atomic E-state index is 12.3. The maximum absolute atomic E-state index is 12.3. The highest BCUT2D eigenvalue weighted by Gasteiger charge is 2.23. The molecule has 0 bridgehead atoms. The number of carbonyl (C=O) groups excluding carboxylic acids is 1. The Morgan fingerprint density at radius 2 is 2.04 bits per heavy atom. The predicted octanol–water partition coefficient (Wildman–Crippen LogP) is 3.03. The van der Waals surface area contributed by atoms with Gasteiger partial charge in [-0.1, -0.05) is 32.0 Å². The maximum Gasteiger partial charge on any atom is 0.224 e. The number of aromatic nitrogens is 3. The third-order valence-electron chi connectivity index (χ3n) is 4.05. The van der Waals surface area contributed by atoms with Crippen LogP contribution in [0.4, 0.5) is 0 Å². The number of pyridine rings is 1. The summed E-state index contributed by atoms with van der Waals surface area (Å²) in [5, 5.41) is 3.02. The first kappa shape index (κ1) is 16.5. The highest BCUT2D eigenvalue weighted by Crippen LogP contribution is 2.21. The molecule has 1 aromatic carbocycles. The summed E-state index contributed by atoms with van der Waals surface area (Å²) in [6.07, 6.45) is 2.16. The van der Waals surface area contributed by atoms with Gasteiger partial charge in [-0.3, -0.25) is 9.78 Å². The summed E-state index contributed by atoms with van der Waals surface area (Å²) in [6, 6.07) is 9.81. The number of nitrogens with zero attached hydrogens (tertiary/aromatic N) is 3. The van der Waals surface area contributed by atoms with Gasteiger partial charge in [-0.25, -0.2) is 0 Å². The molecular formula is C18H20N4OS. The van der Waals surface area contributed by atoms with E-state index in [4.69, 9.17) is 0 Å². The van der Waals surface area contributed by atoms with Crippen LogP contribution in [0.5, 0.6) is 0 Å². The summed E-state index contributed by atoms with van der Waals surface area (Å²) in [7, 11) is 0. The molecule has 5 nitrogen and oxygen atoms in total. The van der Waals surface area contributed by atoms with Crippen LogP contribution in [0.3, 0.4) is 0 Å². The van der Waals surface area contributed by atoms with E-state index in [0.29, 0.717) is 13.0 Å². The van der Waals surface area contributed by atoms with E-state index in [-0.39, 0.29) is 11.3 Å². The monoisotopic (exact) mass is 340 g/mol. The Balaban J connectivity index is 1.65. The van der Waals surface area contributed by atoms with Crippen LogP contribution in [0.25, 0.3) is 11.0 Å². The first-order valence-electron chi connectivity index (χ1n) is 7.86. The smallest absolute Gasteiger partial charge is 0.224 e. The molecule has 3 aromatic rings. The lowest BCUT2D eigenvalue weighted by molar-refractivity contribution is -0.120. The number of benzene rings is 1. The van der Waals surface area contributed by atoms with Gasteiger partial charge in [0.2, 0.25) is 5.91 Å². The van der Waals surface area contributed by atoms with Gasteiger partial charge in [0.05, 0.1) is 18.1 Å². The second-order valence-electron chi connectivity index (χ2n) is 6.61. The quantitative estimate of drug-likeness (QED) is 0.775. The number of fused-ring (bicyclic) bond motifs is 1. The SMILES string of the molecule is Cc1ccc(C(C)(C)CNC(=O)Cc2cccc3nsnc23)nc1. The second-order valence-corrected chi connectivity index (χ2v) is 7.14. The van der Waals surface area contributed by atoms with E-state index in [2.05, 4.69) is 32.9 Å². The van der Waals surface area contributed by atoms with E-state index in [1.165, 1.54) is 11.7 Å². The molecule has 0 atom stereocenters. The molecule has 0 fully saturated rings. The first-order valence-corrected chi connectivity index (χ1v) is 8.59. The minimum Gasteiger partial charge on any atom is -0.355 e. The van der Waals surface area contributed by atoms with Gasteiger partial charge in [-0.2, -0.15) is 8.75 Å². The molecule has 0 saturated heterocycles. The molecule has 0 aliphatic carbocycles. The van der Waals surface area contributed by atoms with E-state index in [1.54, 1.807) is 0 Å². The third-order valence-corrected chi connectivity index (χ3v) is 4.60. The van der Waals surface area contributed by atoms with Crippen molar-refractivity contribution >= 4 is 28.7 Å². The fraction of sp³-hybridized carbons (Fsp3) is 0.333. The largest absolute Gasteiger partial charge is 0.355 e. The lowest BCUT2D eigenvalue weighted by Crippen LogP contribution is -2.38. The van der Waals surface area contributed by atoms with Crippen LogP contribution in [0, 0.1) is 6.92 Å². The van der Waals surface area contributed by atoms with E-state index in [1.807, 2.05) is 43.5 Å². The molecule has 124 valence electrons. The summed E-state index contributed by atoms with van der Waals surface area (Å²) in [6.45, 7) is 6.71. The molecule has 0 saturated carbocycles. The van der Waals surface area contributed by atoms with Crippen molar-refractivity contribution in [1.82, 2.24) is 19.0 Å². The minimum absolute atomic E-state index is 0.0179. The summed E-state index contributed by atoms with van der Waals surface area (Å²) in [5.41, 5.74) is 4.44.